The normalized spacial score (nSPS) is 16.4. The SMILES string of the molecule is NC/C=C/CNC(=O)NC1CC1. The minimum atomic E-state index is -0.0841. The first kappa shape index (κ1) is 9.06. The Hall–Kier alpha value is -1.03. The average molecular weight is 169 g/mol. The van der Waals surface area contributed by atoms with Crippen molar-refractivity contribution in [3.63, 3.8) is 0 Å². The van der Waals surface area contributed by atoms with E-state index in [0.717, 1.165) is 12.8 Å². The van der Waals surface area contributed by atoms with Crippen LogP contribution in [0.5, 0.6) is 0 Å². The molecule has 1 aliphatic rings. The summed E-state index contributed by atoms with van der Waals surface area (Å²) in [6.07, 6.45) is 5.89. The van der Waals surface area contributed by atoms with E-state index in [1.54, 1.807) is 0 Å². The minimum absolute atomic E-state index is 0.0841. The predicted molar refractivity (Wildman–Crippen MR) is 47.8 cm³/mol. The van der Waals surface area contributed by atoms with E-state index in [1.165, 1.54) is 0 Å². The fourth-order valence-electron chi connectivity index (χ4n) is 0.795. The molecule has 4 nitrogen and oxygen atoms in total. The number of hydrogen-bond donors (Lipinski definition) is 3. The predicted octanol–water partition coefficient (Wildman–Crippen LogP) is -0.0371. The van der Waals surface area contributed by atoms with Crippen LogP contribution in [0, 0.1) is 0 Å². The molecule has 0 unspecified atom stereocenters. The summed E-state index contributed by atoms with van der Waals surface area (Å²) in [6.45, 7) is 1.07. The standard InChI is InChI=1S/C8H15N3O/c9-5-1-2-6-10-8(12)11-7-3-4-7/h1-2,7H,3-6,9H2,(H2,10,11,12)/b2-1+. The van der Waals surface area contributed by atoms with Crippen LogP contribution in [0.3, 0.4) is 0 Å². The zero-order valence-corrected chi connectivity index (χ0v) is 7.05. The van der Waals surface area contributed by atoms with Gasteiger partial charge in [-0.3, -0.25) is 0 Å². The maximum Gasteiger partial charge on any atom is 0.315 e. The molecular weight excluding hydrogens is 154 g/mol. The van der Waals surface area contributed by atoms with Crippen molar-refractivity contribution in [2.24, 2.45) is 5.73 Å². The van der Waals surface area contributed by atoms with Crippen molar-refractivity contribution in [3.8, 4) is 0 Å². The monoisotopic (exact) mass is 169 g/mol. The minimum Gasteiger partial charge on any atom is -0.335 e. The largest absolute Gasteiger partial charge is 0.335 e. The molecule has 0 spiro atoms. The van der Waals surface area contributed by atoms with Crippen molar-refractivity contribution >= 4 is 6.03 Å². The third kappa shape index (κ3) is 3.98. The van der Waals surface area contributed by atoms with Crippen molar-refractivity contribution < 1.29 is 4.79 Å². The molecule has 1 fully saturated rings. The topological polar surface area (TPSA) is 67.1 Å². The molecular formula is C8H15N3O. The van der Waals surface area contributed by atoms with Gasteiger partial charge >= 0.3 is 6.03 Å². The molecule has 4 N–H and O–H groups in total. The third-order valence-corrected chi connectivity index (χ3v) is 1.60. The first-order chi connectivity index (χ1) is 5.83. The number of nitrogens with one attached hydrogen (secondary N) is 2. The van der Waals surface area contributed by atoms with Gasteiger partial charge in [0.2, 0.25) is 0 Å². The van der Waals surface area contributed by atoms with Crippen LogP contribution in [0.1, 0.15) is 12.8 Å². The summed E-state index contributed by atoms with van der Waals surface area (Å²) in [5.41, 5.74) is 5.22. The molecule has 12 heavy (non-hydrogen) atoms. The van der Waals surface area contributed by atoms with Crippen LogP contribution in [0.25, 0.3) is 0 Å². The fourth-order valence-corrected chi connectivity index (χ4v) is 0.795. The zero-order chi connectivity index (χ0) is 8.81. The average Bonchev–Trinajstić information content (AvgIpc) is 2.82. The maximum atomic E-state index is 11.0. The van der Waals surface area contributed by atoms with E-state index < -0.39 is 0 Å². The number of nitrogens with two attached hydrogens (primary N) is 1. The maximum absolute atomic E-state index is 11.0. The molecule has 0 atom stereocenters. The van der Waals surface area contributed by atoms with Gasteiger partial charge in [0.05, 0.1) is 0 Å². The van der Waals surface area contributed by atoms with Gasteiger partial charge in [0.15, 0.2) is 0 Å². The number of rotatable bonds is 4. The number of carbonyl (C=O) groups is 1. The van der Waals surface area contributed by atoms with Gasteiger partial charge in [-0.1, -0.05) is 12.2 Å². The fraction of sp³-hybridized carbons (Fsp3) is 0.625. The van der Waals surface area contributed by atoms with Gasteiger partial charge in [-0.15, -0.1) is 0 Å². The molecule has 0 heterocycles. The van der Waals surface area contributed by atoms with Crippen molar-refractivity contribution in [1.29, 1.82) is 0 Å². The quantitative estimate of drug-likeness (QED) is 0.517. The molecule has 1 saturated carbocycles. The van der Waals surface area contributed by atoms with Crippen molar-refractivity contribution in [2.45, 2.75) is 18.9 Å². The van der Waals surface area contributed by atoms with Gasteiger partial charge in [0.1, 0.15) is 0 Å². The summed E-state index contributed by atoms with van der Waals surface area (Å²) >= 11 is 0. The highest BCUT2D eigenvalue weighted by molar-refractivity contribution is 5.74. The van der Waals surface area contributed by atoms with Gasteiger partial charge in [-0.05, 0) is 12.8 Å². The lowest BCUT2D eigenvalue weighted by Crippen LogP contribution is -2.36. The summed E-state index contributed by atoms with van der Waals surface area (Å²) in [6, 6.07) is 0.336. The van der Waals surface area contributed by atoms with Crippen molar-refractivity contribution in [3.05, 3.63) is 12.2 Å². The summed E-state index contributed by atoms with van der Waals surface area (Å²) < 4.78 is 0. The molecule has 1 rings (SSSR count). The highest BCUT2D eigenvalue weighted by Crippen LogP contribution is 2.17. The lowest BCUT2D eigenvalue weighted by molar-refractivity contribution is 0.241. The van der Waals surface area contributed by atoms with Crippen LogP contribution >= 0.6 is 0 Å². The van der Waals surface area contributed by atoms with Gasteiger partial charge in [0, 0.05) is 19.1 Å². The summed E-state index contributed by atoms with van der Waals surface area (Å²) in [5.74, 6) is 0. The number of hydrogen-bond acceptors (Lipinski definition) is 2. The molecule has 0 aromatic rings. The Labute approximate surface area is 72.2 Å². The third-order valence-electron chi connectivity index (χ3n) is 1.60. The number of urea groups is 1. The van der Waals surface area contributed by atoms with E-state index >= 15 is 0 Å². The van der Waals surface area contributed by atoms with Crippen LogP contribution in [0.4, 0.5) is 4.79 Å². The van der Waals surface area contributed by atoms with Gasteiger partial charge in [-0.2, -0.15) is 0 Å². The Balaban J connectivity index is 1.97. The van der Waals surface area contributed by atoms with Gasteiger partial charge in [-0.25, -0.2) is 4.79 Å². The van der Waals surface area contributed by atoms with Gasteiger partial charge < -0.3 is 16.4 Å². The van der Waals surface area contributed by atoms with Crippen LogP contribution in [0.2, 0.25) is 0 Å². The lowest BCUT2D eigenvalue weighted by atomic mass is 10.5. The van der Waals surface area contributed by atoms with Crippen molar-refractivity contribution in [2.75, 3.05) is 13.1 Å². The zero-order valence-electron chi connectivity index (χ0n) is 7.05. The highest BCUT2D eigenvalue weighted by Gasteiger charge is 2.22. The lowest BCUT2D eigenvalue weighted by Gasteiger charge is -2.02. The van der Waals surface area contributed by atoms with E-state index in [4.69, 9.17) is 5.73 Å². The number of carbonyl (C=O) groups excluding carboxylic acids is 1. The van der Waals surface area contributed by atoms with Gasteiger partial charge in [0.25, 0.3) is 0 Å². The Morgan fingerprint density at radius 2 is 2.25 bits per heavy atom. The second-order valence-electron chi connectivity index (χ2n) is 2.84. The van der Waals surface area contributed by atoms with E-state index in [-0.39, 0.29) is 6.03 Å². The van der Waals surface area contributed by atoms with E-state index in [9.17, 15) is 4.79 Å². The van der Waals surface area contributed by atoms with E-state index in [0.29, 0.717) is 19.1 Å². The summed E-state index contributed by atoms with van der Waals surface area (Å²) in [4.78, 5) is 11.0. The highest BCUT2D eigenvalue weighted by atomic mass is 16.2. The number of amides is 2. The van der Waals surface area contributed by atoms with Crippen molar-refractivity contribution in [1.82, 2.24) is 10.6 Å². The van der Waals surface area contributed by atoms with Crippen LogP contribution < -0.4 is 16.4 Å². The summed E-state index contributed by atoms with van der Waals surface area (Å²) in [7, 11) is 0. The Morgan fingerprint density at radius 1 is 1.50 bits per heavy atom. The molecule has 1 aliphatic carbocycles. The Morgan fingerprint density at radius 3 is 2.83 bits per heavy atom. The molecule has 0 aliphatic heterocycles. The molecule has 0 bridgehead atoms. The first-order valence-corrected chi connectivity index (χ1v) is 4.22. The van der Waals surface area contributed by atoms with Crippen LogP contribution in [0.15, 0.2) is 12.2 Å². The first-order valence-electron chi connectivity index (χ1n) is 4.22. The molecule has 0 saturated heterocycles. The van der Waals surface area contributed by atoms with Crippen LogP contribution in [-0.2, 0) is 0 Å². The Kier molecular flexibility index (Phi) is 3.60. The van der Waals surface area contributed by atoms with E-state index in [2.05, 4.69) is 10.6 Å². The Bertz CT molecular complexity index is 175. The van der Waals surface area contributed by atoms with Crippen LogP contribution in [-0.4, -0.2) is 25.2 Å². The van der Waals surface area contributed by atoms with E-state index in [1.807, 2.05) is 12.2 Å². The molecule has 2 amide bonds. The molecule has 4 heteroatoms. The second kappa shape index (κ2) is 4.77. The molecule has 68 valence electrons. The second-order valence-corrected chi connectivity index (χ2v) is 2.84. The summed E-state index contributed by atoms with van der Waals surface area (Å²) in [5, 5.41) is 5.51. The molecule has 0 aromatic carbocycles. The smallest absolute Gasteiger partial charge is 0.315 e. The molecule has 0 radical (unpaired) electrons. The molecule has 0 aromatic heterocycles.